The second kappa shape index (κ2) is 9.53. The SMILES string of the molecule is [O-][N+](O)(O)O.[O-][N+](O)(O)O.[O-][N+](O)(O)O.[Y]. The van der Waals surface area contributed by atoms with Gasteiger partial charge < -0.3 is 15.6 Å². The maximum atomic E-state index is 8.71. The Bertz CT molecular complexity index is 91.3. The molecule has 9 N–H and O–H groups in total. The predicted molar refractivity (Wildman–Crippen MR) is 27.0 cm³/mol. The average Bonchev–Trinajstić information content (AvgIpc) is 1.41. The number of hydrogen-bond acceptors (Lipinski definition) is 12. The minimum atomic E-state index is -3.25. The van der Waals surface area contributed by atoms with Crippen molar-refractivity contribution in [1.82, 2.24) is 0 Å². The molecule has 0 unspecified atom stereocenters. The molecule has 0 rings (SSSR count). The van der Waals surface area contributed by atoms with Crippen molar-refractivity contribution in [1.29, 1.82) is 0 Å². The second-order valence-electron chi connectivity index (χ2n) is 1.54. The van der Waals surface area contributed by atoms with Gasteiger partial charge in [-0.05, 0) is 0 Å². The van der Waals surface area contributed by atoms with Gasteiger partial charge in [0.05, 0.1) is 15.4 Å². The molecule has 1 radical (unpaired) electrons. The molecule has 16 heteroatoms. The molecule has 0 spiro atoms. The molecule has 0 aliphatic rings. The Morgan fingerprint density at radius 3 is 0.438 bits per heavy atom. The van der Waals surface area contributed by atoms with Crippen molar-refractivity contribution in [3.05, 3.63) is 15.6 Å². The van der Waals surface area contributed by atoms with Gasteiger partial charge in [0.2, 0.25) is 0 Å². The third kappa shape index (κ3) is 10400. The summed E-state index contributed by atoms with van der Waals surface area (Å²) in [5, 5.41) is 79.5. The van der Waals surface area contributed by atoms with Crippen molar-refractivity contribution in [2.45, 2.75) is 0 Å². The average molecular weight is 332 g/mol. The van der Waals surface area contributed by atoms with E-state index in [0.717, 1.165) is 0 Å². The van der Waals surface area contributed by atoms with Crippen LogP contribution in [0.5, 0.6) is 0 Å². The molecule has 0 aromatic carbocycles. The van der Waals surface area contributed by atoms with Gasteiger partial charge in [0.1, 0.15) is 0 Å². The van der Waals surface area contributed by atoms with Crippen LogP contribution < -0.4 is 0 Å². The first kappa shape index (κ1) is 25.4. The molecule has 0 heterocycles. The fourth-order valence-electron chi connectivity index (χ4n) is 0. The predicted octanol–water partition coefficient (Wildman–Crippen LogP) is -1.60. The molecule has 0 fully saturated rings. The van der Waals surface area contributed by atoms with Crippen LogP contribution in [0.2, 0.25) is 0 Å². The third-order valence-corrected chi connectivity index (χ3v) is 0. The van der Waals surface area contributed by atoms with Crippen molar-refractivity contribution in [3.63, 3.8) is 0 Å². The van der Waals surface area contributed by atoms with E-state index in [1.807, 2.05) is 0 Å². The summed E-state index contributed by atoms with van der Waals surface area (Å²) in [6.07, 6.45) is 0. The molecule has 99 valence electrons. The molecule has 16 heavy (non-hydrogen) atoms. The summed E-state index contributed by atoms with van der Waals surface area (Å²) in [5.41, 5.74) is 0. The summed E-state index contributed by atoms with van der Waals surface area (Å²) in [6, 6.07) is 0. The summed E-state index contributed by atoms with van der Waals surface area (Å²) >= 11 is 0. The smallest absolute Gasteiger partial charge is 0.0686 e. The summed E-state index contributed by atoms with van der Waals surface area (Å²) in [4.78, 5) is 0. The first-order chi connectivity index (χ1) is 6.00. The van der Waals surface area contributed by atoms with Crippen LogP contribution in [0, 0.1) is 15.6 Å². The van der Waals surface area contributed by atoms with E-state index in [1.54, 1.807) is 0 Å². The van der Waals surface area contributed by atoms with Crippen molar-refractivity contribution in [2.75, 3.05) is 0 Å². The zero-order valence-electron chi connectivity index (χ0n) is 7.17. The minimum Gasteiger partial charge on any atom is -0.529 e. The molecule has 0 aliphatic heterocycles. The Hall–Kier alpha value is 0.504. The topological polar surface area (TPSA) is 251 Å². The van der Waals surface area contributed by atoms with Gasteiger partial charge in [-0.2, -0.15) is 0 Å². The van der Waals surface area contributed by atoms with Gasteiger partial charge in [-0.15, -0.1) is 46.9 Å². The summed E-state index contributed by atoms with van der Waals surface area (Å²) in [5.74, 6) is 0. The Labute approximate surface area is 111 Å². The molecule has 15 nitrogen and oxygen atoms in total. The molecule has 0 amide bonds. The minimum absolute atomic E-state index is 0. The van der Waals surface area contributed by atoms with Gasteiger partial charge >= 0.3 is 0 Å². The van der Waals surface area contributed by atoms with Crippen LogP contribution in [0.1, 0.15) is 0 Å². The van der Waals surface area contributed by atoms with E-state index >= 15 is 0 Å². The van der Waals surface area contributed by atoms with Crippen LogP contribution >= 0.6 is 0 Å². The van der Waals surface area contributed by atoms with Gasteiger partial charge in [0.15, 0.2) is 0 Å². The number of hydrogen-bond donors (Lipinski definition) is 9. The van der Waals surface area contributed by atoms with Crippen LogP contribution in [0.4, 0.5) is 0 Å². The number of rotatable bonds is 0. The van der Waals surface area contributed by atoms with Gasteiger partial charge in [-0.3, -0.25) is 0 Å². The first-order valence-corrected chi connectivity index (χ1v) is 2.35. The van der Waals surface area contributed by atoms with E-state index in [4.69, 9.17) is 62.5 Å². The molecule has 0 saturated carbocycles. The van der Waals surface area contributed by atoms with Crippen LogP contribution in [0.25, 0.3) is 0 Å². The van der Waals surface area contributed by atoms with Crippen LogP contribution in [-0.4, -0.2) is 62.3 Å². The summed E-state index contributed by atoms with van der Waals surface area (Å²) in [7, 11) is 0. The fourth-order valence-corrected chi connectivity index (χ4v) is 0. The normalized spacial score (nSPS) is 11.2. The molecule has 0 aromatic heterocycles. The monoisotopic (exact) mass is 332 g/mol. The quantitative estimate of drug-likeness (QED) is 0.180. The Morgan fingerprint density at radius 2 is 0.438 bits per heavy atom. The van der Waals surface area contributed by atoms with Gasteiger partial charge in [0, 0.05) is 32.7 Å². The summed E-state index contributed by atoms with van der Waals surface area (Å²) < 4.78 is 0. The third-order valence-electron chi connectivity index (χ3n) is 0. The standard InChI is InChI=1S/3H3NO4.Y/c3*2-1(3,4)5;/h3*2-4H;. The van der Waals surface area contributed by atoms with E-state index in [9.17, 15) is 0 Å². The molecule has 0 atom stereocenters. The van der Waals surface area contributed by atoms with Gasteiger partial charge in [-0.1, -0.05) is 0 Å². The molecule has 0 bridgehead atoms. The van der Waals surface area contributed by atoms with E-state index < -0.39 is 15.4 Å². The van der Waals surface area contributed by atoms with Gasteiger partial charge in [0.25, 0.3) is 0 Å². The van der Waals surface area contributed by atoms with Crippen molar-refractivity contribution >= 4 is 0 Å². The molecule has 0 saturated heterocycles. The van der Waals surface area contributed by atoms with Crippen LogP contribution in [-0.2, 0) is 32.7 Å². The van der Waals surface area contributed by atoms with E-state index in [-0.39, 0.29) is 32.7 Å². The van der Waals surface area contributed by atoms with Crippen molar-refractivity contribution in [3.8, 4) is 0 Å². The number of nitrogens with zero attached hydrogens (tertiary/aromatic N) is 3. The first-order valence-electron chi connectivity index (χ1n) is 2.35. The summed E-state index contributed by atoms with van der Waals surface area (Å²) in [6.45, 7) is 0. The Balaban J connectivity index is -0.0000000655. The zero-order chi connectivity index (χ0) is 13.5. The van der Waals surface area contributed by atoms with Crippen LogP contribution in [0.3, 0.4) is 0 Å². The maximum absolute atomic E-state index is 8.71. The zero-order valence-corrected chi connectivity index (χ0v) is 10.0. The Morgan fingerprint density at radius 1 is 0.438 bits per heavy atom. The molecular formula is H9N3O12Y. The molecular weight excluding hydrogens is 323 g/mol. The molecule has 0 aromatic rings. The van der Waals surface area contributed by atoms with Crippen LogP contribution in [0.15, 0.2) is 0 Å². The molecule has 0 aliphatic carbocycles. The van der Waals surface area contributed by atoms with Gasteiger partial charge in [-0.25, -0.2) is 0 Å². The van der Waals surface area contributed by atoms with Crippen molar-refractivity contribution < 1.29 is 95.0 Å². The number of quaternary nitrogens is 3. The largest absolute Gasteiger partial charge is 0.529 e. The second-order valence-corrected chi connectivity index (χ2v) is 1.54. The fraction of sp³-hybridized carbons (Fsp3) is 0. The Kier molecular flexibility index (Phi) is 15.1. The van der Waals surface area contributed by atoms with E-state index in [2.05, 4.69) is 0 Å². The van der Waals surface area contributed by atoms with E-state index in [1.165, 1.54) is 0 Å². The maximum Gasteiger partial charge on any atom is 0.0686 e. The van der Waals surface area contributed by atoms with Crippen molar-refractivity contribution in [2.24, 2.45) is 0 Å². The van der Waals surface area contributed by atoms with E-state index in [0.29, 0.717) is 0 Å².